The van der Waals surface area contributed by atoms with E-state index < -0.39 is 11.8 Å². The Labute approximate surface area is 172 Å². The van der Waals surface area contributed by atoms with Gasteiger partial charge in [-0.05, 0) is 66.6 Å². The van der Waals surface area contributed by atoms with Gasteiger partial charge in [0.1, 0.15) is 18.2 Å². The van der Waals surface area contributed by atoms with Crippen molar-refractivity contribution in [3.8, 4) is 5.75 Å². The summed E-state index contributed by atoms with van der Waals surface area (Å²) in [7, 11) is 0. The van der Waals surface area contributed by atoms with E-state index in [2.05, 4.69) is 5.16 Å². The van der Waals surface area contributed by atoms with Gasteiger partial charge in [0.25, 0.3) is 0 Å². The van der Waals surface area contributed by atoms with Crippen molar-refractivity contribution in [1.29, 1.82) is 0 Å². The van der Waals surface area contributed by atoms with Crippen molar-refractivity contribution in [3.05, 3.63) is 99.8 Å². The number of nitrogens with two attached hydrogens (primary N) is 1. The summed E-state index contributed by atoms with van der Waals surface area (Å²) < 4.78 is 18.7. The Morgan fingerprint density at radius 2 is 1.69 bits per heavy atom. The fourth-order valence-corrected chi connectivity index (χ4v) is 2.61. The second kappa shape index (κ2) is 9.21. The number of aryl methyl sites for hydroxylation is 1. The number of nitrogens with zero attached hydrogens (tertiary/aromatic N) is 1. The van der Waals surface area contributed by atoms with Crippen LogP contribution in [0.15, 0.2) is 71.9 Å². The topological polar surface area (TPSA) is 73.9 Å². The summed E-state index contributed by atoms with van der Waals surface area (Å²) in [6.07, 6.45) is 0. The van der Waals surface area contributed by atoms with Crippen molar-refractivity contribution in [2.45, 2.75) is 13.5 Å². The average molecular weight is 413 g/mol. The molecule has 0 radical (unpaired) electrons. The van der Waals surface area contributed by atoms with E-state index in [1.54, 1.807) is 30.3 Å². The first-order valence-corrected chi connectivity index (χ1v) is 9.09. The van der Waals surface area contributed by atoms with Crippen LogP contribution >= 0.6 is 11.6 Å². The maximum atomic E-state index is 12.9. The second-order valence-electron chi connectivity index (χ2n) is 6.28. The maximum absolute atomic E-state index is 12.9. The first kappa shape index (κ1) is 20.4. The smallest absolute Gasteiger partial charge is 0.365 e. The van der Waals surface area contributed by atoms with Gasteiger partial charge in [-0.25, -0.2) is 9.18 Å². The zero-order valence-corrected chi connectivity index (χ0v) is 16.3. The Hall–Kier alpha value is -3.38. The SMILES string of the molecule is Cc1ccc(Cl)c(OCc2ccc(C(=O)O/N=C(\N)c3ccc(F)cc3)cc2)c1. The number of rotatable bonds is 6. The molecule has 0 amide bonds. The zero-order chi connectivity index (χ0) is 20.8. The van der Waals surface area contributed by atoms with Gasteiger partial charge in [0.05, 0.1) is 10.6 Å². The minimum atomic E-state index is -0.663. The van der Waals surface area contributed by atoms with Gasteiger partial charge in [-0.3, -0.25) is 0 Å². The van der Waals surface area contributed by atoms with Gasteiger partial charge < -0.3 is 15.3 Å². The molecule has 3 rings (SSSR count). The molecule has 3 aromatic rings. The molecule has 0 unspecified atom stereocenters. The van der Waals surface area contributed by atoms with Gasteiger partial charge in [0, 0.05) is 5.56 Å². The van der Waals surface area contributed by atoms with Crippen LogP contribution in [0, 0.1) is 12.7 Å². The largest absolute Gasteiger partial charge is 0.487 e. The van der Waals surface area contributed by atoms with Gasteiger partial charge in [0.15, 0.2) is 5.84 Å². The second-order valence-corrected chi connectivity index (χ2v) is 6.69. The number of amidine groups is 1. The van der Waals surface area contributed by atoms with Crippen LogP contribution in [-0.4, -0.2) is 11.8 Å². The normalized spacial score (nSPS) is 11.2. The number of hydrogen-bond acceptors (Lipinski definition) is 4. The molecule has 2 N–H and O–H groups in total. The number of halogens is 2. The molecule has 0 fully saturated rings. The minimum Gasteiger partial charge on any atom is -0.487 e. The Bertz CT molecular complexity index is 1030. The molecule has 0 heterocycles. The van der Waals surface area contributed by atoms with Gasteiger partial charge in [-0.1, -0.05) is 35.0 Å². The van der Waals surface area contributed by atoms with E-state index in [9.17, 15) is 9.18 Å². The number of carbonyl (C=O) groups excluding carboxylic acids is 1. The van der Waals surface area contributed by atoms with E-state index in [1.807, 2.05) is 19.1 Å². The van der Waals surface area contributed by atoms with Crippen LogP contribution in [0.4, 0.5) is 4.39 Å². The molecule has 0 aliphatic rings. The lowest BCUT2D eigenvalue weighted by atomic mass is 10.1. The van der Waals surface area contributed by atoms with E-state index in [4.69, 9.17) is 26.9 Å². The predicted octanol–water partition coefficient (Wildman–Crippen LogP) is 4.84. The molecule has 0 atom stereocenters. The van der Waals surface area contributed by atoms with Gasteiger partial charge in [0.2, 0.25) is 0 Å². The van der Waals surface area contributed by atoms with E-state index in [-0.39, 0.29) is 5.84 Å². The lowest BCUT2D eigenvalue weighted by molar-refractivity contribution is 0.0516. The van der Waals surface area contributed by atoms with Crippen molar-refractivity contribution in [2.75, 3.05) is 0 Å². The molecule has 0 aromatic heterocycles. The van der Waals surface area contributed by atoms with E-state index >= 15 is 0 Å². The van der Waals surface area contributed by atoms with Crippen molar-refractivity contribution in [3.63, 3.8) is 0 Å². The molecule has 0 bridgehead atoms. The number of oxime groups is 1. The summed E-state index contributed by atoms with van der Waals surface area (Å²) in [5.41, 5.74) is 8.39. The minimum absolute atomic E-state index is 0.0293. The summed E-state index contributed by atoms with van der Waals surface area (Å²) in [5, 5.41) is 4.13. The highest BCUT2D eigenvalue weighted by Gasteiger charge is 2.09. The third kappa shape index (κ3) is 5.56. The highest BCUT2D eigenvalue weighted by Crippen LogP contribution is 2.26. The molecular weight excluding hydrogens is 395 g/mol. The highest BCUT2D eigenvalue weighted by molar-refractivity contribution is 6.32. The monoisotopic (exact) mass is 412 g/mol. The lowest BCUT2D eigenvalue weighted by Gasteiger charge is -2.09. The third-order valence-electron chi connectivity index (χ3n) is 4.04. The standard InChI is InChI=1S/C22H18ClFN2O3/c1-14-2-11-19(23)20(12-14)28-13-15-3-5-17(6-4-15)22(27)29-26-21(25)16-7-9-18(24)10-8-16/h2-12H,13H2,1H3,(H2,25,26). The molecule has 148 valence electrons. The van der Waals surface area contributed by atoms with Crippen LogP contribution in [-0.2, 0) is 11.4 Å². The van der Waals surface area contributed by atoms with Crippen LogP contribution in [0.2, 0.25) is 5.02 Å². The Kier molecular flexibility index (Phi) is 6.46. The molecule has 0 saturated carbocycles. The van der Waals surface area contributed by atoms with E-state index in [0.29, 0.717) is 28.5 Å². The van der Waals surface area contributed by atoms with Crippen molar-refractivity contribution < 1.29 is 18.8 Å². The fourth-order valence-electron chi connectivity index (χ4n) is 2.44. The molecule has 0 aliphatic heterocycles. The Morgan fingerprint density at radius 1 is 1.03 bits per heavy atom. The van der Waals surface area contributed by atoms with Crippen LogP contribution in [0.1, 0.15) is 27.0 Å². The van der Waals surface area contributed by atoms with Crippen molar-refractivity contribution in [1.82, 2.24) is 0 Å². The number of carbonyl (C=O) groups is 1. The third-order valence-corrected chi connectivity index (χ3v) is 4.35. The summed E-state index contributed by atoms with van der Waals surface area (Å²) in [6.45, 7) is 2.25. The first-order valence-electron chi connectivity index (χ1n) is 8.71. The molecule has 0 saturated heterocycles. The molecular formula is C22H18ClFN2O3. The molecule has 3 aromatic carbocycles. The van der Waals surface area contributed by atoms with Gasteiger partial charge in [-0.15, -0.1) is 0 Å². The van der Waals surface area contributed by atoms with E-state index in [0.717, 1.165) is 11.1 Å². The predicted molar refractivity (Wildman–Crippen MR) is 110 cm³/mol. The average Bonchev–Trinajstić information content (AvgIpc) is 2.73. The van der Waals surface area contributed by atoms with Crippen LogP contribution in [0.5, 0.6) is 5.75 Å². The van der Waals surface area contributed by atoms with Crippen molar-refractivity contribution in [2.24, 2.45) is 10.9 Å². The van der Waals surface area contributed by atoms with Crippen LogP contribution < -0.4 is 10.5 Å². The van der Waals surface area contributed by atoms with Crippen LogP contribution in [0.3, 0.4) is 0 Å². The molecule has 0 aliphatic carbocycles. The van der Waals surface area contributed by atoms with E-state index in [1.165, 1.54) is 24.3 Å². The summed E-state index contributed by atoms with van der Waals surface area (Å²) in [6, 6.07) is 17.6. The number of benzene rings is 3. The van der Waals surface area contributed by atoms with Gasteiger partial charge >= 0.3 is 5.97 Å². The summed E-state index contributed by atoms with van der Waals surface area (Å²) in [5.74, 6) is -0.490. The maximum Gasteiger partial charge on any atom is 0.365 e. The zero-order valence-electron chi connectivity index (χ0n) is 15.6. The molecule has 29 heavy (non-hydrogen) atoms. The summed E-state index contributed by atoms with van der Waals surface area (Å²) in [4.78, 5) is 17.0. The van der Waals surface area contributed by atoms with Gasteiger partial charge in [-0.2, -0.15) is 0 Å². The van der Waals surface area contributed by atoms with Crippen molar-refractivity contribution >= 4 is 23.4 Å². The summed E-state index contributed by atoms with van der Waals surface area (Å²) >= 11 is 6.11. The fraction of sp³-hybridized carbons (Fsp3) is 0.0909. The first-order chi connectivity index (χ1) is 13.9. The highest BCUT2D eigenvalue weighted by atomic mass is 35.5. The number of hydrogen-bond donors (Lipinski definition) is 1. The molecule has 5 nitrogen and oxygen atoms in total. The Balaban J connectivity index is 1.59. The number of ether oxygens (including phenoxy) is 1. The van der Waals surface area contributed by atoms with Crippen LogP contribution in [0.25, 0.3) is 0 Å². The Morgan fingerprint density at radius 3 is 2.38 bits per heavy atom. The molecule has 7 heteroatoms. The quantitative estimate of drug-likeness (QED) is 0.272. The lowest BCUT2D eigenvalue weighted by Crippen LogP contribution is -2.15. The molecule has 0 spiro atoms.